The number of carbonyl (C=O) groups is 2. The fourth-order valence-corrected chi connectivity index (χ4v) is 3.72. The lowest BCUT2D eigenvalue weighted by Crippen LogP contribution is -2.46. The van der Waals surface area contributed by atoms with Gasteiger partial charge in [0.25, 0.3) is 5.91 Å². The topological polar surface area (TPSA) is 107 Å². The van der Waals surface area contributed by atoms with E-state index >= 15 is 0 Å². The fourth-order valence-electron chi connectivity index (χ4n) is 3.49. The number of hydrogen-bond donors (Lipinski definition) is 3. The van der Waals surface area contributed by atoms with Crippen LogP contribution in [0.5, 0.6) is 23.0 Å². The Morgan fingerprint density at radius 3 is 2.61 bits per heavy atom. The molecule has 4 rings (SSSR count). The van der Waals surface area contributed by atoms with Crippen molar-refractivity contribution in [1.82, 2.24) is 10.6 Å². The van der Waals surface area contributed by atoms with Gasteiger partial charge in [0.1, 0.15) is 11.5 Å². The SMILES string of the molecule is COc1cc(NC(=O)C2=C(C)NC(=O)NC2c2ccc3c(c2)OCO3)c(OC)cc1Cl. The third kappa shape index (κ3) is 3.91. The second-order valence-corrected chi connectivity index (χ2v) is 7.23. The second-order valence-electron chi connectivity index (χ2n) is 6.82. The summed E-state index contributed by atoms with van der Waals surface area (Å²) in [5.41, 5.74) is 1.79. The Balaban J connectivity index is 1.70. The van der Waals surface area contributed by atoms with Gasteiger partial charge in [0.2, 0.25) is 6.79 Å². The van der Waals surface area contributed by atoms with Crippen LogP contribution < -0.4 is 34.9 Å². The Hall–Kier alpha value is -3.59. The van der Waals surface area contributed by atoms with Gasteiger partial charge in [-0.15, -0.1) is 0 Å². The molecule has 3 N–H and O–H groups in total. The van der Waals surface area contributed by atoms with Crippen LogP contribution in [0.2, 0.25) is 5.02 Å². The number of fused-ring (bicyclic) bond motifs is 1. The predicted octanol–water partition coefficient (Wildman–Crippen LogP) is 3.35. The van der Waals surface area contributed by atoms with Crippen molar-refractivity contribution in [2.45, 2.75) is 13.0 Å². The minimum Gasteiger partial charge on any atom is -0.495 e. The van der Waals surface area contributed by atoms with Gasteiger partial charge in [-0.1, -0.05) is 17.7 Å². The number of rotatable bonds is 5. The highest BCUT2D eigenvalue weighted by Gasteiger charge is 2.32. The number of hydrogen-bond acceptors (Lipinski definition) is 6. The number of methoxy groups -OCH3 is 2. The minimum absolute atomic E-state index is 0.123. The maximum absolute atomic E-state index is 13.3. The van der Waals surface area contributed by atoms with Crippen LogP contribution in [0.3, 0.4) is 0 Å². The molecular formula is C21H20ClN3O6. The molecule has 0 aliphatic carbocycles. The number of amides is 3. The van der Waals surface area contributed by atoms with Gasteiger partial charge in [0, 0.05) is 17.8 Å². The Bertz CT molecular complexity index is 1100. The van der Waals surface area contributed by atoms with Gasteiger partial charge in [-0.3, -0.25) is 4.79 Å². The zero-order valence-electron chi connectivity index (χ0n) is 17.0. The number of halogens is 1. The second kappa shape index (κ2) is 8.27. The number of carbonyl (C=O) groups excluding carboxylic acids is 2. The van der Waals surface area contributed by atoms with Gasteiger partial charge in [-0.2, -0.15) is 0 Å². The molecule has 0 saturated heterocycles. The maximum Gasteiger partial charge on any atom is 0.319 e. The molecule has 0 bridgehead atoms. The summed E-state index contributed by atoms with van der Waals surface area (Å²) in [4.78, 5) is 25.5. The number of nitrogens with one attached hydrogen (secondary N) is 3. The fraction of sp³-hybridized carbons (Fsp3) is 0.238. The smallest absolute Gasteiger partial charge is 0.319 e. The van der Waals surface area contributed by atoms with Crippen LogP contribution in [-0.4, -0.2) is 33.0 Å². The van der Waals surface area contributed by atoms with E-state index in [9.17, 15) is 9.59 Å². The molecule has 2 aliphatic heterocycles. The molecule has 0 saturated carbocycles. The van der Waals surface area contributed by atoms with Crippen molar-refractivity contribution in [3.8, 4) is 23.0 Å². The standard InChI is InChI=1S/C21H20ClN3O6/c1-10-18(20(26)24-13-8-15(28-2)12(22)7-16(13)29-3)19(25-21(27)23-10)11-4-5-14-17(6-11)31-9-30-14/h4-8,19H,9H2,1-3H3,(H,24,26)(H2,23,25,27). The lowest BCUT2D eigenvalue weighted by atomic mass is 9.94. The van der Waals surface area contributed by atoms with Crippen molar-refractivity contribution in [3.63, 3.8) is 0 Å². The highest BCUT2D eigenvalue weighted by molar-refractivity contribution is 6.32. The van der Waals surface area contributed by atoms with Crippen molar-refractivity contribution in [1.29, 1.82) is 0 Å². The van der Waals surface area contributed by atoms with E-state index in [1.54, 1.807) is 37.3 Å². The molecule has 31 heavy (non-hydrogen) atoms. The van der Waals surface area contributed by atoms with E-state index in [0.29, 0.717) is 50.5 Å². The third-order valence-electron chi connectivity index (χ3n) is 4.97. The number of urea groups is 1. The van der Waals surface area contributed by atoms with Gasteiger partial charge in [-0.25, -0.2) is 4.79 Å². The summed E-state index contributed by atoms with van der Waals surface area (Å²) in [7, 11) is 2.94. The first-order valence-corrected chi connectivity index (χ1v) is 9.69. The van der Waals surface area contributed by atoms with Crippen LogP contribution in [0.15, 0.2) is 41.6 Å². The summed E-state index contributed by atoms with van der Waals surface area (Å²) in [6.45, 7) is 1.78. The summed E-state index contributed by atoms with van der Waals surface area (Å²) >= 11 is 6.15. The number of allylic oxidation sites excluding steroid dienone is 1. The maximum atomic E-state index is 13.3. The van der Waals surface area contributed by atoms with Gasteiger partial charge in [0.15, 0.2) is 11.5 Å². The highest BCUT2D eigenvalue weighted by atomic mass is 35.5. The molecule has 2 heterocycles. The quantitative estimate of drug-likeness (QED) is 0.651. The first-order valence-electron chi connectivity index (χ1n) is 9.32. The van der Waals surface area contributed by atoms with Gasteiger partial charge in [-0.05, 0) is 24.6 Å². The lowest BCUT2D eigenvalue weighted by molar-refractivity contribution is -0.113. The van der Waals surface area contributed by atoms with E-state index < -0.39 is 18.0 Å². The van der Waals surface area contributed by atoms with Crippen LogP contribution in [0.1, 0.15) is 18.5 Å². The number of ether oxygens (including phenoxy) is 4. The molecule has 0 spiro atoms. The largest absolute Gasteiger partial charge is 0.495 e. The normalized spacial score (nSPS) is 17.0. The van der Waals surface area contributed by atoms with Crippen molar-refractivity contribution >= 4 is 29.2 Å². The average molecular weight is 446 g/mol. The first kappa shape index (κ1) is 20.7. The molecule has 1 unspecified atom stereocenters. The molecule has 0 radical (unpaired) electrons. The van der Waals surface area contributed by atoms with Crippen molar-refractivity contribution < 1.29 is 28.5 Å². The summed E-state index contributed by atoms with van der Waals surface area (Å²) in [5, 5.41) is 8.60. The van der Waals surface area contributed by atoms with E-state index in [-0.39, 0.29) is 6.79 Å². The lowest BCUT2D eigenvalue weighted by Gasteiger charge is -2.29. The van der Waals surface area contributed by atoms with Crippen LogP contribution in [-0.2, 0) is 4.79 Å². The van der Waals surface area contributed by atoms with Crippen LogP contribution in [0, 0.1) is 0 Å². The molecule has 10 heteroatoms. The summed E-state index contributed by atoms with van der Waals surface area (Å²) in [6, 6.07) is 7.25. The molecule has 2 aromatic carbocycles. The van der Waals surface area contributed by atoms with E-state index in [0.717, 1.165) is 0 Å². The van der Waals surface area contributed by atoms with Crippen molar-refractivity contribution in [2.75, 3.05) is 26.3 Å². The molecule has 0 fully saturated rings. The minimum atomic E-state index is -0.705. The number of benzene rings is 2. The Kier molecular flexibility index (Phi) is 5.51. The van der Waals surface area contributed by atoms with E-state index in [1.165, 1.54) is 14.2 Å². The van der Waals surface area contributed by atoms with Crippen LogP contribution >= 0.6 is 11.6 Å². The molecule has 2 aliphatic rings. The molecule has 1 atom stereocenters. The van der Waals surface area contributed by atoms with E-state index in [4.69, 9.17) is 30.5 Å². The first-order chi connectivity index (χ1) is 14.9. The van der Waals surface area contributed by atoms with Crippen molar-refractivity contribution in [2.24, 2.45) is 0 Å². The molecule has 9 nitrogen and oxygen atoms in total. The Labute approximate surface area is 183 Å². The van der Waals surface area contributed by atoms with Gasteiger partial charge < -0.3 is 34.9 Å². The molecule has 3 amide bonds. The predicted molar refractivity (Wildman–Crippen MR) is 113 cm³/mol. The van der Waals surface area contributed by atoms with Crippen molar-refractivity contribution in [3.05, 3.63) is 52.2 Å². The van der Waals surface area contributed by atoms with E-state index in [2.05, 4.69) is 16.0 Å². The molecular weight excluding hydrogens is 426 g/mol. The summed E-state index contributed by atoms with van der Waals surface area (Å²) < 4.78 is 21.3. The zero-order valence-corrected chi connectivity index (χ0v) is 17.8. The summed E-state index contributed by atoms with van der Waals surface area (Å²) in [5.74, 6) is 1.46. The molecule has 2 aromatic rings. The molecule has 0 aromatic heterocycles. The Morgan fingerprint density at radius 1 is 1.13 bits per heavy atom. The third-order valence-corrected chi connectivity index (χ3v) is 5.26. The van der Waals surface area contributed by atoms with Gasteiger partial charge >= 0.3 is 6.03 Å². The molecule has 162 valence electrons. The van der Waals surface area contributed by atoms with Crippen LogP contribution in [0.25, 0.3) is 0 Å². The highest BCUT2D eigenvalue weighted by Crippen LogP contribution is 2.39. The average Bonchev–Trinajstić information content (AvgIpc) is 3.21. The van der Waals surface area contributed by atoms with E-state index in [1.807, 2.05) is 0 Å². The Morgan fingerprint density at radius 2 is 1.87 bits per heavy atom. The zero-order chi connectivity index (χ0) is 22.1. The number of anilines is 1. The monoisotopic (exact) mass is 445 g/mol. The van der Waals surface area contributed by atoms with Crippen LogP contribution in [0.4, 0.5) is 10.5 Å². The van der Waals surface area contributed by atoms with Gasteiger partial charge in [0.05, 0.1) is 36.5 Å². The summed E-state index contributed by atoms with van der Waals surface area (Å²) in [6.07, 6.45) is 0.